The molecule has 0 amide bonds. The monoisotopic (exact) mass is 301 g/mol. The van der Waals surface area contributed by atoms with Crippen LogP contribution in [0.3, 0.4) is 0 Å². The quantitative estimate of drug-likeness (QED) is 0.722. The van der Waals surface area contributed by atoms with E-state index in [2.05, 4.69) is 4.98 Å². The Hall–Kier alpha value is -2.27. The van der Waals surface area contributed by atoms with E-state index in [4.69, 9.17) is 4.42 Å². The maximum absolute atomic E-state index is 13.2. The zero-order valence-corrected chi connectivity index (χ0v) is 11.8. The summed E-state index contributed by atoms with van der Waals surface area (Å²) < 4.78 is 18.5. The van der Waals surface area contributed by atoms with Gasteiger partial charge in [-0.2, -0.15) is 0 Å². The van der Waals surface area contributed by atoms with Gasteiger partial charge in [-0.15, -0.1) is 11.8 Å². The largest absolute Gasteiger partial charge is 0.508 e. The summed E-state index contributed by atoms with van der Waals surface area (Å²) >= 11 is 1.59. The number of thioether (sulfide) groups is 1. The summed E-state index contributed by atoms with van der Waals surface area (Å²) in [7, 11) is 0. The van der Waals surface area contributed by atoms with Gasteiger partial charge in [0.15, 0.2) is 0 Å². The van der Waals surface area contributed by atoms with Gasteiger partial charge in [-0.25, -0.2) is 9.37 Å². The first-order valence-corrected chi connectivity index (χ1v) is 7.31. The zero-order chi connectivity index (χ0) is 14.7. The molecular weight excluding hydrogens is 289 g/mol. The second kappa shape index (κ2) is 6.01. The molecule has 1 aromatic heterocycles. The highest BCUT2D eigenvalue weighted by atomic mass is 32.2. The molecule has 21 heavy (non-hydrogen) atoms. The molecule has 106 valence electrons. The summed E-state index contributed by atoms with van der Waals surface area (Å²) in [5.74, 6) is 0.986. The van der Waals surface area contributed by atoms with Gasteiger partial charge in [0.05, 0.1) is 5.69 Å². The number of benzene rings is 2. The molecule has 0 saturated carbocycles. The molecule has 0 bridgehead atoms. The lowest BCUT2D eigenvalue weighted by Crippen LogP contribution is -1.83. The highest BCUT2D eigenvalue weighted by Crippen LogP contribution is 2.26. The van der Waals surface area contributed by atoms with Crippen LogP contribution in [0.1, 0.15) is 5.69 Å². The van der Waals surface area contributed by atoms with Crippen LogP contribution >= 0.6 is 11.8 Å². The summed E-state index contributed by atoms with van der Waals surface area (Å²) in [6, 6.07) is 13.1. The van der Waals surface area contributed by atoms with Gasteiger partial charge in [0, 0.05) is 16.2 Å². The van der Waals surface area contributed by atoms with Crippen LogP contribution in [-0.2, 0) is 5.75 Å². The minimum absolute atomic E-state index is 0.245. The molecule has 5 heteroatoms. The number of oxazole rings is 1. The maximum atomic E-state index is 13.2. The predicted molar refractivity (Wildman–Crippen MR) is 79.6 cm³/mol. The topological polar surface area (TPSA) is 46.3 Å². The molecule has 1 N–H and O–H groups in total. The predicted octanol–water partition coefficient (Wildman–Crippen LogP) is 4.48. The fourth-order valence-electron chi connectivity index (χ4n) is 1.83. The van der Waals surface area contributed by atoms with E-state index in [-0.39, 0.29) is 11.6 Å². The van der Waals surface area contributed by atoms with E-state index in [1.54, 1.807) is 42.3 Å². The Bertz CT molecular complexity index is 740. The van der Waals surface area contributed by atoms with Crippen LogP contribution in [0.4, 0.5) is 4.39 Å². The van der Waals surface area contributed by atoms with Crippen molar-refractivity contribution in [3.63, 3.8) is 0 Å². The van der Waals surface area contributed by atoms with E-state index in [0.717, 1.165) is 10.6 Å². The van der Waals surface area contributed by atoms with E-state index in [1.807, 2.05) is 12.1 Å². The van der Waals surface area contributed by atoms with Crippen LogP contribution in [-0.4, -0.2) is 10.1 Å². The molecule has 0 atom stereocenters. The number of phenols is 1. The first-order chi connectivity index (χ1) is 10.2. The first-order valence-electron chi connectivity index (χ1n) is 6.33. The number of phenolic OH excluding ortho intramolecular Hbond substituents is 1. The van der Waals surface area contributed by atoms with Crippen molar-refractivity contribution in [1.82, 2.24) is 4.98 Å². The summed E-state index contributed by atoms with van der Waals surface area (Å²) in [6.45, 7) is 0. The minimum Gasteiger partial charge on any atom is -0.508 e. The SMILES string of the molecule is Oc1ccc(SCc2coc(-c3cccc(F)c3)n2)cc1. The number of aromatic hydroxyl groups is 1. The van der Waals surface area contributed by atoms with Gasteiger partial charge in [0.1, 0.15) is 17.8 Å². The van der Waals surface area contributed by atoms with Crippen LogP contribution in [0.2, 0.25) is 0 Å². The molecule has 0 spiro atoms. The summed E-state index contributed by atoms with van der Waals surface area (Å²) in [6.07, 6.45) is 1.58. The average Bonchev–Trinajstić information content (AvgIpc) is 2.96. The van der Waals surface area contributed by atoms with Crippen LogP contribution in [0.5, 0.6) is 5.75 Å². The molecule has 3 nitrogen and oxygen atoms in total. The fourth-order valence-corrected chi connectivity index (χ4v) is 2.60. The summed E-state index contributed by atoms with van der Waals surface area (Å²) in [5.41, 5.74) is 1.41. The van der Waals surface area contributed by atoms with Crippen molar-refractivity contribution in [3.8, 4) is 17.2 Å². The van der Waals surface area contributed by atoms with E-state index < -0.39 is 0 Å². The average molecular weight is 301 g/mol. The molecule has 0 unspecified atom stereocenters. The Kier molecular flexibility index (Phi) is 3.92. The lowest BCUT2D eigenvalue weighted by molar-refractivity contribution is 0.475. The molecule has 0 fully saturated rings. The van der Waals surface area contributed by atoms with Crippen molar-refractivity contribution in [2.75, 3.05) is 0 Å². The second-order valence-corrected chi connectivity index (χ2v) is 5.49. The van der Waals surface area contributed by atoms with Crippen LogP contribution in [0.15, 0.2) is 64.1 Å². The number of halogens is 1. The molecule has 0 aliphatic carbocycles. The van der Waals surface area contributed by atoms with Gasteiger partial charge in [-0.1, -0.05) is 6.07 Å². The molecule has 0 aliphatic heterocycles. The molecule has 3 aromatic rings. The van der Waals surface area contributed by atoms with E-state index in [9.17, 15) is 9.50 Å². The Morgan fingerprint density at radius 2 is 1.95 bits per heavy atom. The number of nitrogens with zero attached hydrogens (tertiary/aromatic N) is 1. The molecular formula is C16H12FNO2S. The second-order valence-electron chi connectivity index (χ2n) is 4.44. The third-order valence-electron chi connectivity index (χ3n) is 2.85. The highest BCUT2D eigenvalue weighted by Gasteiger charge is 2.08. The minimum atomic E-state index is -0.314. The van der Waals surface area contributed by atoms with Gasteiger partial charge in [-0.3, -0.25) is 0 Å². The molecule has 2 aromatic carbocycles. The van der Waals surface area contributed by atoms with Gasteiger partial charge >= 0.3 is 0 Å². The lowest BCUT2D eigenvalue weighted by Gasteiger charge is -1.99. The van der Waals surface area contributed by atoms with Crippen molar-refractivity contribution < 1.29 is 13.9 Å². The number of hydrogen-bond donors (Lipinski definition) is 1. The van der Waals surface area contributed by atoms with Crippen LogP contribution in [0.25, 0.3) is 11.5 Å². The lowest BCUT2D eigenvalue weighted by atomic mass is 10.2. The molecule has 3 rings (SSSR count). The Morgan fingerprint density at radius 1 is 1.14 bits per heavy atom. The summed E-state index contributed by atoms with van der Waals surface area (Å²) in [5, 5.41) is 9.23. The smallest absolute Gasteiger partial charge is 0.226 e. The molecule has 0 aliphatic rings. The Morgan fingerprint density at radius 3 is 2.71 bits per heavy atom. The van der Waals surface area contributed by atoms with Crippen LogP contribution < -0.4 is 0 Å². The normalized spacial score (nSPS) is 10.7. The van der Waals surface area contributed by atoms with E-state index in [1.165, 1.54) is 12.1 Å². The third kappa shape index (κ3) is 3.44. The van der Waals surface area contributed by atoms with E-state index >= 15 is 0 Å². The van der Waals surface area contributed by atoms with Gasteiger partial charge < -0.3 is 9.52 Å². The number of aromatic nitrogens is 1. The molecule has 0 saturated heterocycles. The fraction of sp³-hybridized carbons (Fsp3) is 0.0625. The highest BCUT2D eigenvalue weighted by molar-refractivity contribution is 7.98. The van der Waals surface area contributed by atoms with E-state index in [0.29, 0.717) is 17.2 Å². The van der Waals surface area contributed by atoms with Gasteiger partial charge in [-0.05, 0) is 42.5 Å². The Labute approximate surface area is 125 Å². The van der Waals surface area contributed by atoms with Crippen molar-refractivity contribution in [1.29, 1.82) is 0 Å². The maximum Gasteiger partial charge on any atom is 0.226 e. The third-order valence-corrected chi connectivity index (χ3v) is 3.89. The van der Waals surface area contributed by atoms with Crippen molar-refractivity contribution in [2.24, 2.45) is 0 Å². The Balaban J connectivity index is 1.69. The van der Waals surface area contributed by atoms with Crippen molar-refractivity contribution >= 4 is 11.8 Å². The van der Waals surface area contributed by atoms with Gasteiger partial charge in [0.25, 0.3) is 0 Å². The number of hydrogen-bond acceptors (Lipinski definition) is 4. The molecule has 0 radical (unpaired) electrons. The van der Waals surface area contributed by atoms with Crippen molar-refractivity contribution in [3.05, 3.63) is 66.3 Å². The van der Waals surface area contributed by atoms with Crippen molar-refractivity contribution in [2.45, 2.75) is 10.6 Å². The zero-order valence-electron chi connectivity index (χ0n) is 11.0. The van der Waals surface area contributed by atoms with Gasteiger partial charge in [0.2, 0.25) is 5.89 Å². The first kappa shape index (κ1) is 13.7. The summed E-state index contributed by atoms with van der Waals surface area (Å²) in [4.78, 5) is 5.38. The molecule has 1 heterocycles. The van der Waals surface area contributed by atoms with Crippen LogP contribution in [0, 0.1) is 5.82 Å². The standard InChI is InChI=1S/C16H12FNO2S/c17-12-3-1-2-11(8-12)16-18-13(9-20-16)10-21-15-6-4-14(19)5-7-15/h1-9,19H,10H2. The number of rotatable bonds is 4.